The molecule has 2 rings (SSSR count). The zero-order chi connectivity index (χ0) is 10.2. The third-order valence-corrected chi connectivity index (χ3v) is 4.06. The molecule has 0 bridgehead atoms. The molecule has 4 heteroatoms. The predicted molar refractivity (Wildman–Crippen MR) is 54.6 cm³/mol. The van der Waals surface area contributed by atoms with Crippen molar-refractivity contribution in [3.05, 3.63) is 29.8 Å². The summed E-state index contributed by atoms with van der Waals surface area (Å²) in [6.07, 6.45) is 3.37. The molecule has 1 aliphatic rings. The molecular formula is C10H12FNOS. The lowest BCUT2D eigenvalue weighted by Crippen LogP contribution is -2.31. The third-order valence-electron chi connectivity index (χ3n) is 2.73. The second kappa shape index (κ2) is 3.51. The largest absolute Gasteiger partial charge is 0.384 e. The molecule has 0 saturated carbocycles. The van der Waals surface area contributed by atoms with E-state index in [9.17, 15) is 9.50 Å². The zero-order valence-corrected chi connectivity index (χ0v) is 8.72. The summed E-state index contributed by atoms with van der Waals surface area (Å²) in [5, 5.41) is 10.4. The van der Waals surface area contributed by atoms with Gasteiger partial charge < -0.3 is 5.11 Å². The summed E-state index contributed by atoms with van der Waals surface area (Å²) in [6, 6.07) is 1.37. The van der Waals surface area contributed by atoms with Gasteiger partial charge >= 0.3 is 0 Å². The van der Waals surface area contributed by atoms with E-state index in [1.54, 1.807) is 18.0 Å². The van der Waals surface area contributed by atoms with E-state index in [1.807, 2.05) is 6.92 Å². The fourth-order valence-electron chi connectivity index (χ4n) is 1.76. The van der Waals surface area contributed by atoms with Crippen LogP contribution in [-0.2, 0) is 5.60 Å². The fraction of sp³-hybridized carbons (Fsp3) is 0.500. The molecule has 0 spiro atoms. The Bertz CT molecular complexity index is 347. The average molecular weight is 213 g/mol. The van der Waals surface area contributed by atoms with Crippen LogP contribution in [-0.4, -0.2) is 21.1 Å². The van der Waals surface area contributed by atoms with Crippen LogP contribution >= 0.6 is 11.8 Å². The molecule has 1 aromatic rings. The zero-order valence-electron chi connectivity index (χ0n) is 7.90. The Morgan fingerprint density at radius 1 is 1.64 bits per heavy atom. The first-order valence-corrected chi connectivity index (χ1v) is 5.63. The van der Waals surface area contributed by atoms with Crippen molar-refractivity contribution in [3.8, 4) is 0 Å². The molecule has 1 saturated heterocycles. The van der Waals surface area contributed by atoms with Crippen LogP contribution in [0, 0.1) is 5.82 Å². The summed E-state index contributed by atoms with van der Waals surface area (Å²) in [7, 11) is 0. The standard InChI is InChI=1S/C10H12FNOS/c1-7-10(13,2-3-14-7)8-4-9(11)6-12-5-8/h4-7,13H,2-3H2,1H3. The van der Waals surface area contributed by atoms with E-state index < -0.39 is 5.60 Å². The first kappa shape index (κ1) is 9.93. The van der Waals surface area contributed by atoms with Gasteiger partial charge in [-0.25, -0.2) is 4.39 Å². The number of rotatable bonds is 1. The van der Waals surface area contributed by atoms with Gasteiger partial charge in [0.1, 0.15) is 11.4 Å². The lowest BCUT2D eigenvalue weighted by molar-refractivity contribution is 0.0420. The first-order chi connectivity index (χ1) is 6.63. The maximum atomic E-state index is 12.9. The third kappa shape index (κ3) is 1.53. The Morgan fingerprint density at radius 3 is 3.00 bits per heavy atom. The van der Waals surface area contributed by atoms with Crippen molar-refractivity contribution in [2.45, 2.75) is 24.2 Å². The first-order valence-electron chi connectivity index (χ1n) is 4.58. The molecule has 0 aromatic carbocycles. The summed E-state index contributed by atoms with van der Waals surface area (Å²) < 4.78 is 12.9. The Hall–Kier alpha value is -0.610. The van der Waals surface area contributed by atoms with Gasteiger partial charge in [-0.1, -0.05) is 6.92 Å². The highest BCUT2D eigenvalue weighted by atomic mass is 32.2. The Kier molecular flexibility index (Phi) is 2.49. The van der Waals surface area contributed by atoms with E-state index in [4.69, 9.17) is 0 Å². The van der Waals surface area contributed by atoms with Crippen molar-refractivity contribution in [2.24, 2.45) is 0 Å². The number of hydrogen-bond donors (Lipinski definition) is 1. The van der Waals surface area contributed by atoms with Gasteiger partial charge in [0.15, 0.2) is 0 Å². The Balaban J connectivity index is 2.38. The highest BCUT2D eigenvalue weighted by Gasteiger charge is 2.40. The number of thioether (sulfide) groups is 1. The van der Waals surface area contributed by atoms with Crippen molar-refractivity contribution in [3.63, 3.8) is 0 Å². The van der Waals surface area contributed by atoms with E-state index in [0.29, 0.717) is 12.0 Å². The van der Waals surface area contributed by atoms with Crippen LogP contribution in [0.3, 0.4) is 0 Å². The number of aliphatic hydroxyl groups is 1. The van der Waals surface area contributed by atoms with E-state index in [1.165, 1.54) is 6.07 Å². The van der Waals surface area contributed by atoms with Gasteiger partial charge in [-0.05, 0) is 18.2 Å². The summed E-state index contributed by atoms with van der Waals surface area (Å²) in [6.45, 7) is 1.96. The molecule has 2 heterocycles. The molecule has 76 valence electrons. The van der Waals surface area contributed by atoms with Crippen LogP contribution in [0.25, 0.3) is 0 Å². The smallest absolute Gasteiger partial charge is 0.141 e. The maximum Gasteiger partial charge on any atom is 0.141 e. The molecule has 1 aromatic heterocycles. The lowest BCUT2D eigenvalue weighted by Gasteiger charge is -2.26. The molecule has 1 aliphatic heterocycles. The van der Waals surface area contributed by atoms with Gasteiger partial charge in [-0.15, -0.1) is 0 Å². The van der Waals surface area contributed by atoms with Crippen LogP contribution in [0.4, 0.5) is 4.39 Å². The second-order valence-corrected chi connectivity index (χ2v) is 5.03. The number of halogens is 1. The molecule has 1 N–H and O–H groups in total. The molecular weight excluding hydrogens is 201 g/mol. The second-order valence-electron chi connectivity index (χ2n) is 3.58. The summed E-state index contributed by atoms with van der Waals surface area (Å²) in [4.78, 5) is 3.76. The molecule has 1 fully saturated rings. The highest BCUT2D eigenvalue weighted by Crippen LogP contribution is 2.42. The molecule has 0 amide bonds. The van der Waals surface area contributed by atoms with Crippen LogP contribution in [0.2, 0.25) is 0 Å². The fourth-order valence-corrected chi connectivity index (χ4v) is 3.07. The van der Waals surface area contributed by atoms with Crippen LogP contribution < -0.4 is 0 Å². The predicted octanol–water partition coefficient (Wildman–Crippen LogP) is 1.93. The molecule has 0 aliphatic carbocycles. The molecule has 2 unspecified atom stereocenters. The summed E-state index contributed by atoms with van der Waals surface area (Å²) in [5.41, 5.74) is -0.310. The van der Waals surface area contributed by atoms with E-state index >= 15 is 0 Å². The van der Waals surface area contributed by atoms with Crippen molar-refractivity contribution >= 4 is 11.8 Å². The Labute approximate surface area is 86.6 Å². The lowest BCUT2D eigenvalue weighted by atomic mass is 9.90. The topological polar surface area (TPSA) is 33.1 Å². The van der Waals surface area contributed by atoms with E-state index in [-0.39, 0.29) is 11.1 Å². The minimum atomic E-state index is -0.903. The summed E-state index contributed by atoms with van der Waals surface area (Å²) in [5.74, 6) is 0.522. The van der Waals surface area contributed by atoms with Crippen LogP contribution in [0.5, 0.6) is 0 Å². The highest BCUT2D eigenvalue weighted by molar-refractivity contribution is 8.00. The van der Waals surface area contributed by atoms with E-state index in [2.05, 4.69) is 4.98 Å². The summed E-state index contributed by atoms with van der Waals surface area (Å²) >= 11 is 1.70. The quantitative estimate of drug-likeness (QED) is 0.774. The van der Waals surface area contributed by atoms with Gasteiger partial charge in [-0.2, -0.15) is 11.8 Å². The number of aromatic nitrogens is 1. The van der Waals surface area contributed by atoms with Gasteiger partial charge in [0.2, 0.25) is 0 Å². The van der Waals surface area contributed by atoms with Crippen molar-refractivity contribution < 1.29 is 9.50 Å². The molecule has 2 atom stereocenters. The van der Waals surface area contributed by atoms with Gasteiger partial charge in [0.05, 0.1) is 6.20 Å². The molecule has 14 heavy (non-hydrogen) atoms. The van der Waals surface area contributed by atoms with Crippen molar-refractivity contribution in [1.29, 1.82) is 0 Å². The van der Waals surface area contributed by atoms with Crippen molar-refractivity contribution in [1.82, 2.24) is 4.98 Å². The minimum Gasteiger partial charge on any atom is -0.384 e. The minimum absolute atomic E-state index is 0.103. The van der Waals surface area contributed by atoms with Gasteiger partial charge in [-0.3, -0.25) is 4.98 Å². The normalized spacial score (nSPS) is 32.1. The van der Waals surface area contributed by atoms with E-state index in [0.717, 1.165) is 11.9 Å². The van der Waals surface area contributed by atoms with Gasteiger partial charge in [0.25, 0.3) is 0 Å². The number of hydrogen-bond acceptors (Lipinski definition) is 3. The Morgan fingerprint density at radius 2 is 2.43 bits per heavy atom. The maximum absolute atomic E-state index is 12.9. The SMILES string of the molecule is CC1SCCC1(O)c1cncc(F)c1. The van der Waals surface area contributed by atoms with Gasteiger partial charge in [0, 0.05) is 17.0 Å². The average Bonchev–Trinajstić information content (AvgIpc) is 2.49. The number of nitrogens with zero attached hydrogens (tertiary/aromatic N) is 1. The van der Waals surface area contributed by atoms with Crippen LogP contribution in [0.1, 0.15) is 18.9 Å². The number of pyridine rings is 1. The molecule has 0 radical (unpaired) electrons. The van der Waals surface area contributed by atoms with Crippen LogP contribution in [0.15, 0.2) is 18.5 Å². The van der Waals surface area contributed by atoms with Crippen molar-refractivity contribution in [2.75, 3.05) is 5.75 Å². The molecule has 2 nitrogen and oxygen atoms in total. The monoisotopic (exact) mass is 213 g/mol.